The fraction of sp³-hybridized carbons (Fsp3) is 0.615. The van der Waals surface area contributed by atoms with Crippen molar-refractivity contribution in [3.05, 3.63) is 23.0 Å². The van der Waals surface area contributed by atoms with Crippen LogP contribution in [0.5, 0.6) is 0 Å². The molecule has 0 aliphatic carbocycles. The molecular weight excluding hydrogens is 250 g/mol. The highest BCUT2D eigenvalue weighted by Gasteiger charge is 2.15. The van der Waals surface area contributed by atoms with Gasteiger partial charge in [-0.2, -0.15) is 10.2 Å². The van der Waals surface area contributed by atoms with Gasteiger partial charge in [0.25, 0.3) is 5.91 Å². The van der Waals surface area contributed by atoms with Crippen LogP contribution in [0.4, 0.5) is 0 Å². The Hall–Kier alpha value is -1.16. The molecule has 0 fully saturated rings. The Morgan fingerprint density at radius 1 is 1.28 bits per heavy atom. The van der Waals surface area contributed by atoms with E-state index in [1.165, 1.54) is 0 Å². The van der Waals surface area contributed by atoms with E-state index >= 15 is 0 Å². The molecule has 0 radical (unpaired) electrons. The lowest BCUT2D eigenvalue weighted by molar-refractivity contribution is 0.0791. The highest BCUT2D eigenvalue weighted by Crippen LogP contribution is 2.09. The summed E-state index contributed by atoms with van der Waals surface area (Å²) in [7, 11) is 1.82. The van der Waals surface area contributed by atoms with Gasteiger partial charge in [0, 0.05) is 19.5 Å². The first kappa shape index (κ1) is 14.9. The number of hydrogen-bond acceptors (Lipinski definition) is 3. The number of halogens is 1. The van der Waals surface area contributed by atoms with Gasteiger partial charge in [0.15, 0.2) is 0 Å². The van der Waals surface area contributed by atoms with Gasteiger partial charge in [0.1, 0.15) is 0 Å². The summed E-state index contributed by atoms with van der Waals surface area (Å²) in [5.41, 5.74) is 2.08. The van der Waals surface area contributed by atoms with E-state index in [1.54, 1.807) is 17.9 Å². The predicted molar refractivity (Wildman–Crippen MR) is 73.0 cm³/mol. The van der Waals surface area contributed by atoms with Crippen LogP contribution < -0.4 is 0 Å². The Bertz CT molecular complexity index is 409. The monoisotopic (exact) mass is 269 g/mol. The van der Waals surface area contributed by atoms with Crippen molar-refractivity contribution in [2.75, 3.05) is 19.5 Å². The second kappa shape index (κ2) is 7.31. The largest absolute Gasteiger partial charge is 0.342 e. The number of aromatic nitrogens is 2. The topological polar surface area (TPSA) is 46.1 Å². The molecule has 100 valence electrons. The van der Waals surface area contributed by atoms with Crippen molar-refractivity contribution in [3.8, 4) is 0 Å². The summed E-state index contributed by atoms with van der Waals surface area (Å²) in [6.07, 6.45) is 3.03. The molecule has 1 aromatic heterocycles. The van der Waals surface area contributed by atoms with Crippen LogP contribution in [-0.4, -0.2) is 40.5 Å². The highest BCUT2D eigenvalue weighted by molar-refractivity contribution is 6.17. The minimum absolute atomic E-state index is 0.0105. The molecule has 0 aliphatic rings. The van der Waals surface area contributed by atoms with Gasteiger partial charge in [-0.05, 0) is 32.8 Å². The summed E-state index contributed by atoms with van der Waals surface area (Å²) >= 11 is 5.62. The fourth-order valence-corrected chi connectivity index (χ4v) is 1.88. The summed E-state index contributed by atoms with van der Waals surface area (Å²) < 4.78 is 0. The molecule has 1 aromatic rings. The molecule has 0 unspecified atom stereocenters. The molecule has 0 bridgehead atoms. The summed E-state index contributed by atoms with van der Waals surface area (Å²) in [5, 5.41) is 7.91. The van der Waals surface area contributed by atoms with E-state index in [0.717, 1.165) is 31.5 Å². The molecule has 1 amide bonds. The number of alkyl halides is 1. The van der Waals surface area contributed by atoms with Crippen molar-refractivity contribution >= 4 is 17.5 Å². The van der Waals surface area contributed by atoms with Gasteiger partial charge < -0.3 is 4.90 Å². The van der Waals surface area contributed by atoms with E-state index in [2.05, 4.69) is 10.2 Å². The van der Waals surface area contributed by atoms with E-state index < -0.39 is 0 Å². The molecular formula is C13H20ClN3O. The number of carbonyl (C=O) groups excluding carboxylic acids is 1. The molecule has 18 heavy (non-hydrogen) atoms. The number of carbonyl (C=O) groups is 1. The summed E-state index contributed by atoms with van der Waals surface area (Å²) in [6.45, 7) is 4.39. The second-order valence-corrected chi connectivity index (χ2v) is 4.84. The van der Waals surface area contributed by atoms with Crippen LogP contribution in [0.15, 0.2) is 6.07 Å². The Morgan fingerprint density at radius 2 is 2.00 bits per heavy atom. The molecule has 0 saturated heterocycles. The van der Waals surface area contributed by atoms with Gasteiger partial charge in [0.2, 0.25) is 0 Å². The third-order valence-electron chi connectivity index (χ3n) is 2.81. The van der Waals surface area contributed by atoms with Gasteiger partial charge >= 0.3 is 0 Å². The Kier molecular flexibility index (Phi) is 6.05. The smallest absolute Gasteiger partial charge is 0.255 e. The first-order valence-corrected chi connectivity index (χ1v) is 6.72. The zero-order valence-corrected chi connectivity index (χ0v) is 12.0. The van der Waals surface area contributed by atoms with E-state index in [4.69, 9.17) is 11.6 Å². The van der Waals surface area contributed by atoms with Crippen LogP contribution >= 0.6 is 11.6 Å². The molecule has 0 N–H and O–H groups in total. The second-order valence-electron chi connectivity index (χ2n) is 4.46. The van der Waals surface area contributed by atoms with E-state index in [9.17, 15) is 4.79 Å². The zero-order valence-electron chi connectivity index (χ0n) is 11.2. The minimum Gasteiger partial charge on any atom is -0.342 e. The van der Waals surface area contributed by atoms with Crippen LogP contribution in [-0.2, 0) is 0 Å². The maximum absolute atomic E-state index is 12.2. The summed E-state index contributed by atoms with van der Waals surface area (Å²) in [5.74, 6) is 0.695. The SMILES string of the molecule is Cc1cc(C(=O)N(C)CCCCCCl)c(C)nn1. The van der Waals surface area contributed by atoms with Crippen LogP contribution in [0.2, 0.25) is 0 Å². The molecule has 4 nitrogen and oxygen atoms in total. The number of amides is 1. The fourth-order valence-electron chi connectivity index (χ4n) is 1.69. The zero-order chi connectivity index (χ0) is 13.5. The molecule has 5 heteroatoms. The lowest BCUT2D eigenvalue weighted by Crippen LogP contribution is -2.28. The predicted octanol–water partition coefficient (Wildman–Crippen LogP) is 2.57. The van der Waals surface area contributed by atoms with Crippen LogP contribution in [0.3, 0.4) is 0 Å². The third kappa shape index (κ3) is 4.26. The number of rotatable bonds is 6. The first-order valence-electron chi connectivity index (χ1n) is 6.18. The van der Waals surface area contributed by atoms with Crippen molar-refractivity contribution in [2.45, 2.75) is 33.1 Å². The van der Waals surface area contributed by atoms with E-state index in [0.29, 0.717) is 17.1 Å². The van der Waals surface area contributed by atoms with Crippen molar-refractivity contribution in [1.82, 2.24) is 15.1 Å². The lowest BCUT2D eigenvalue weighted by atomic mass is 10.1. The standard InChI is InChI=1S/C13H20ClN3O/c1-10-9-12(11(2)16-15-10)13(18)17(3)8-6-4-5-7-14/h9H,4-8H2,1-3H3. The molecule has 0 aromatic carbocycles. The maximum Gasteiger partial charge on any atom is 0.255 e. The summed E-state index contributed by atoms with van der Waals surface area (Å²) in [4.78, 5) is 13.9. The Balaban J connectivity index is 2.60. The minimum atomic E-state index is 0.0105. The van der Waals surface area contributed by atoms with Gasteiger partial charge in [0.05, 0.1) is 17.0 Å². The lowest BCUT2D eigenvalue weighted by Gasteiger charge is -2.17. The van der Waals surface area contributed by atoms with Gasteiger partial charge in [-0.25, -0.2) is 0 Å². The van der Waals surface area contributed by atoms with Crippen molar-refractivity contribution in [1.29, 1.82) is 0 Å². The molecule has 0 aliphatic heterocycles. The number of unbranched alkanes of at least 4 members (excludes halogenated alkanes) is 2. The Labute approximate surface area is 113 Å². The van der Waals surface area contributed by atoms with Crippen molar-refractivity contribution < 1.29 is 4.79 Å². The van der Waals surface area contributed by atoms with Crippen LogP contribution in [0.1, 0.15) is 41.0 Å². The first-order chi connectivity index (χ1) is 8.56. The number of hydrogen-bond donors (Lipinski definition) is 0. The Morgan fingerprint density at radius 3 is 2.67 bits per heavy atom. The molecule has 0 atom stereocenters. The van der Waals surface area contributed by atoms with E-state index in [1.807, 2.05) is 14.0 Å². The van der Waals surface area contributed by atoms with Gasteiger partial charge in [-0.1, -0.05) is 6.42 Å². The number of aryl methyl sites for hydroxylation is 2. The summed E-state index contributed by atoms with van der Waals surface area (Å²) in [6, 6.07) is 1.79. The average Bonchev–Trinajstić information content (AvgIpc) is 2.36. The van der Waals surface area contributed by atoms with Gasteiger partial charge in [-0.15, -0.1) is 11.6 Å². The van der Waals surface area contributed by atoms with E-state index in [-0.39, 0.29) is 5.91 Å². The third-order valence-corrected chi connectivity index (χ3v) is 3.07. The quantitative estimate of drug-likeness (QED) is 0.589. The molecule has 0 spiro atoms. The van der Waals surface area contributed by atoms with Crippen LogP contribution in [0, 0.1) is 13.8 Å². The average molecular weight is 270 g/mol. The normalized spacial score (nSPS) is 10.4. The number of nitrogens with zero attached hydrogens (tertiary/aromatic N) is 3. The van der Waals surface area contributed by atoms with Crippen molar-refractivity contribution in [2.24, 2.45) is 0 Å². The van der Waals surface area contributed by atoms with Gasteiger partial charge in [-0.3, -0.25) is 4.79 Å². The van der Waals surface area contributed by atoms with Crippen LogP contribution in [0.25, 0.3) is 0 Å². The highest BCUT2D eigenvalue weighted by atomic mass is 35.5. The van der Waals surface area contributed by atoms with Crippen molar-refractivity contribution in [3.63, 3.8) is 0 Å². The molecule has 1 heterocycles. The molecule has 0 saturated carbocycles. The maximum atomic E-state index is 12.2. The molecule has 1 rings (SSSR count).